The first-order valence-electron chi connectivity index (χ1n) is 7.17. The van der Waals surface area contributed by atoms with Gasteiger partial charge in [0.1, 0.15) is 0 Å². The first-order chi connectivity index (χ1) is 10.9. The summed E-state index contributed by atoms with van der Waals surface area (Å²) in [4.78, 5) is 24.9. The lowest BCUT2D eigenvalue weighted by Gasteiger charge is -2.13. The molecule has 0 bridgehead atoms. The SMILES string of the molecule is CC(=O)Nc1ccc(NC(=O)Nc2ccc(N(C)C)cc2)cc1.Cl. The number of hydrogen-bond acceptors (Lipinski definition) is 3. The zero-order valence-electron chi connectivity index (χ0n) is 13.8. The number of halogens is 1. The lowest BCUT2D eigenvalue weighted by molar-refractivity contribution is -0.114. The fraction of sp³-hybridized carbons (Fsp3) is 0.176. The monoisotopic (exact) mass is 348 g/mol. The molecule has 0 heterocycles. The van der Waals surface area contributed by atoms with Crippen LogP contribution in [-0.4, -0.2) is 26.0 Å². The number of anilines is 4. The van der Waals surface area contributed by atoms with Gasteiger partial charge >= 0.3 is 6.03 Å². The van der Waals surface area contributed by atoms with Gasteiger partial charge in [0, 0.05) is 43.8 Å². The van der Waals surface area contributed by atoms with Gasteiger partial charge in [-0.05, 0) is 48.5 Å². The number of hydrogen-bond donors (Lipinski definition) is 3. The van der Waals surface area contributed by atoms with Crippen LogP contribution in [-0.2, 0) is 4.79 Å². The van der Waals surface area contributed by atoms with E-state index in [-0.39, 0.29) is 24.3 Å². The zero-order valence-corrected chi connectivity index (χ0v) is 14.6. The Hall–Kier alpha value is -2.73. The molecular weight excluding hydrogens is 328 g/mol. The van der Waals surface area contributed by atoms with Crippen LogP contribution in [0.25, 0.3) is 0 Å². The van der Waals surface area contributed by atoms with Gasteiger partial charge in [0.2, 0.25) is 5.91 Å². The molecule has 0 spiro atoms. The van der Waals surface area contributed by atoms with Gasteiger partial charge in [-0.25, -0.2) is 4.79 Å². The molecule has 0 atom stereocenters. The van der Waals surface area contributed by atoms with Gasteiger partial charge in [0.05, 0.1) is 0 Å². The molecule has 3 N–H and O–H groups in total. The van der Waals surface area contributed by atoms with Crippen molar-refractivity contribution >= 4 is 47.1 Å². The average Bonchev–Trinajstić information content (AvgIpc) is 2.49. The molecule has 7 heteroatoms. The summed E-state index contributed by atoms with van der Waals surface area (Å²) in [6.07, 6.45) is 0. The van der Waals surface area contributed by atoms with E-state index >= 15 is 0 Å². The maximum absolute atomic E-state index is 12.0. The molecule has 0 radical (unpaired) electrons. The molecule has 0 unspecified atom stereocenters. The highest BCUT2D eigenvalue weighted by atomic mass is 35.5. The molecule has 0 saturated heterocycles. The van der Waals surface area contributed by atoms with Crippen molar-refractivity contribution in [1.29, 1.82) is 0 Å². The minimum atomic E-state index is -0.324. The van der Waals surface area contributed by atoms with Gasteiger partial charge < -0.3 is 20.9 Å². The molecule has 24 heavy (non-hydrogen) atoms. The number of carbonyl (C=O) groups excluding carboxylic acids is 2. The average molecular weight is 349 g/mol. The molecule has 2 rings (SSSR count). The third-order valence-corrected chi connectivity index (χ3v) is 3.10. The number of nitrogens with zero attached hydrogens (tertiary/aromatic N) is 1. The van der Waals surface area contributed by atoms with E-state index in [1.54, 1.807) is 24.3 Å². The van der Waals surface area contributed by atoms with Gasteiger partial charge in [-0.1, -0.05) is 0 Å². The third kappa shape index (κ3) is 5.81. The van der Waals surface area contributed by atoms with Crippen LogP contribution in [0.1, 0.15) is 6.92 Å². The van der Waals surface area contributed by atoms with E-state index < -0.39 is 0 Å². The topological polar surface area (TPSA) is 73.5 Å². The van der Waals surface area contributed by atoms with Crippen molar-refractivity contribution in [3.63, 3.8) is 0 Å². The van der Waals surface area contributed by atoms with Gasteiger partial charge in [0.15, 0.2) is 0 Å². The highest BCUT2D eigenvalue weighted by Crippen LogP contribution is 2.17. The first kappa shape index (κ1) is 19.3. The smallest absolute Gasteiger partial charge is 0.323 e. The van der Waals surface area contributed by atoms with Crippen molar-refractivity contribution in [3.8, 4) is 0 Å². The minimum absolute atomic E-state index is 0. The van der Waals surface area contributed by atoms with E-state index in [2.05, 4.69) is 16.0 Å². The van der Waals surface area contributed by atoms with E-state index in [9.17, 15) is 9.59 Å². The van der Waals surface area contributed by atoms with E-state index in [1.165, 1.54) is 6.92 Å². The van der Waals surface area contributed by atoms with Gasteiger partial charge in [-0.3, -0.25) is 4.79 Å². The summed E-state index contributed by atoms with van der Waals surface area (Å²) in [6.45, 7) is 1.45. The number of benzene rings is 2. The van der Waals surface area contributed by atoms with E-state index in [1.807, 2.05) is 43.3 Å². The molecule has 0 aliphatic rings. The molecule has 0 aliphatic heterocycles. The van der Waals surface area contributed by atoms with Gasteiger partial charge in [0.25, 0.3) is 0 Å². The molecule has 2 aromatic carbocycles. The molecule has 0 saturated carbocycles. The number of nitrogens with one attached hydrogen (secondary N) is 3. The van der Waals surface area contributed by atoms with Crippen LogP contribution in [0.15, 0.2) is 48.5 Å². The van der Waals surface area contributed by atoms with Crippen molar-refractivity contribution in [2.45, 2.75) is 6.92 Å². The first-order valence-corrected chi connectivity index (χ1v) is 7.17. The van der Waals surface area contributed by atoms with Crippen LogP contribution < -0.4 is 20.9 Å². The van der Waals surface area contributed by atoms with Gasteiger partial charge in [-0.15, -0.1) is 12.4 Å². The molecule has 2 aromatic rings. The van der Waals surface area contributed by atoms with Crippen molar-refractivity contribution in [2.24, 2.45) is 0 Å². The molecule has 3 amide bonds. The summed E-state index contributed by atoms with van der Waals surface area (Å²) in [6, 6.07) is 14.1. The Kier molecular flexibility index (Phi) is 7.07. The van der Waals surface area contributed by atoms with Gasteiger partial charge in [-0.2, -0.15) is 0 Å². The lowest BCUT2D eigenvalue weighted by atomic mass is 10.2. The zero-order chi connectivity index (χ0) is 16.8. The second-order valence-electron chi connectivity index (χ2n) is 5.28. The normalized spacial score (nSPS) is 9.46. The number of amides is 3. The van der Waals surface area contributed by atoms with E-state index in [0.717, 1.165) is 5.69 Å². The van der Waals surface area contributed by atoms with Crippen LogP contribution in [0.5, 0.6) is 0 Å². The van der Waals surface area contributed by atoms with Crippen LogP contribution >= 0.6 is 12.4 Å². The Morgan fingerprint density at radius 2 is 1.12 bits per heavy atom. The number of rotatable bonds is 4. The molecule has 0 fully saturated rings. The molecule has 0 aromatic heterocycles. The molecular formula is C17H21ClN4O2. The summed E-state index contributed by atoms with van der Waals surface area (Å²) >= 11 is 0. The lowest BCUT2D eigenvalue weighted by Crippen LogP contribution is -2.19. The predicted molar refractivity (Wildman–Crippen MR) is 101 cm³/mol. The fourth-order valence-corrected chi connectivity index (χ4v) is 1.98. The summed E-state index contributed by atoms with van der Waals surface area (Å²) in [5, 5.41) is 8.17. The summed E-state index contributed by atoms with van der Waals surface area (Å²) in [7, 11) is 3.92. The Balaban J connectivity index is 0.00000288. The van der Waals surface area contributed by atoms with Crippen molar-refractivity contribution < 1.29 is 9.59 Å². The highest BCUT2D eigenvalue weighted by Gasteiger charge is 2.04. The summed E-state index contributed by atoms with van der Waals surface area (Å²) in [5.74, 6) is -0.135. The van der Waals surface area contributed by atoms with Crippen LogP contribution in [0.3, 0.4) is 0 Å². The largest absolute Gasteiger partial charge is 0.378 e. The standard InChI is InChI=1S/C17H20N4O2.ClH/c1-12(22)18-13-4-6-14(7-5-13)19-17(23)20-15-8-10-16(11-9-15)21(2)3;/h4-11H,1-3H3,(H,18,22)(H2,19,20,23);1H. The second-order valence-corrected chi connectivity index (χ2v) is 5.28. The third-order valence-electron chi connectivity index (χ3n) is 3.10. The van der Waals surface area contributed by atoms with Crippen LogP contribution in [0.4, 0.5) is 27.5 Å². The predicted octanol–water partition coefficient (Wildman–Crippen LogP) is 3.78. The Bertz CT molecular complexity index is 685. The quantitative estimate of drug-likeness (QED) is 0.787. The summed E-state index contributed by atoms with van der Waals surface area (Å²) < 4.78 is 0. The van der Waals surface area contributed by atoms with Crippen molar-refractivity contribution in [2.75, 3.05) is 34.9 Å². The maximum atomic E-state index is 12.0. The highest BCUT2D eigenvalue weighted by molar-refractivity contribution is 6.00. The second kappa shape index (κ2) is 8.79. The number of carbonyl (C=O) groups is 2. The molecule has 0 aliphatic carbocycles. The Morgan fingerprint density at radius 1 is 0.750 bits per heavy atom. The summed E-state index contributed by atoms with van der Waals surface area (Å²) in [5.41, 5.74) is 3.09. The van der Waals surface area contributed by atoms with E-state index in [4.69, 9.17) is 0 Å². The molecule has 128 valence electrons. The Labute approximate surface area is 147 Å². The molecule has 6 nitrogen and oxygen atoms in total. The van der Waals surface area contributed by atoms with Crippen LogP contribution in [0.2, 0.25) is 0 Å². The van der Waals surface area contributed by atoms with Crippen molar-refractivity contribution in [3.05, 3.63) is 48.5 Å². The van der Waals surface area contributed by atoms with E-state index in [0.29, 0.717) is 17.1 Å². The van der Waals surface area contributed by atoms with Crippen LogP contribution in [0, 0.1) is 0 Å². The minimum Gasteiger partial charge on any atom is -0.378 e. The van der Waals surface area contributed by atoms with Crippen molar-refractivity contribution in [1.82, 2.24) is 0 Å². The fourth-order valence-electron chi connectivity index (χ4n) is 1.98. The Morgan fingerprint density at radius 3 is 1.50 bits per heavy atom. The number of urea groups is 1. The maximum Gasteiger partial charge on any atom is 0.323 e.